The number of Topliss-reactive ketones (excluding diaryl/α,β-unsaturated/α-hetero) is 2. The molecule has 4 aromatic rings. The molecule has 0 atom stereocenters. The Morgan fingerprint density at radius 3 is 1.28 bits per heavy atom. The van der Waals surface area contributed by atoms with Crippen LogP contribution in [-0.4, -0.2) is 103 Å². The summed E-state index contributed by atoms with van der Waals surface area (Å²) in [5.74, 6) is -8.55. The fourth-order valence-corrected chi connectivity index (χ4v) is 4.96. The second-order valence-electron chi connectivity index (χ2n) is 11.1. The third-order valence-electron chi connectivity index (χ3n) is 7.06. The lowest BCUT2D eigenvalue weighted by Gasteiger charge is -2.13. The largest absolute Gasteiger partial charge is 0.573 e. The molecule has 0 radical (unpaired) electrons. The molecule has 58 heavy (non-hydrogen) atoms. The molecule has 0 saturated heterocycles. The van der Waals surface area contributed by atoms with Crippen LogP contribution in [-0.2, 0) is 32.1 Å². The summed E-state index contributed by atoms with van der Waals surface area (Å²) in [7, 11) is 0. The van der Waals surface area contributed by atoms with Gasteiger partial charge >= 0.3 is 37.2 Å². The molecular weight excluding hydrogens is 841 g/mol. The third-order valence-corrected chi connectivity index (χ3v) is 7.06. The van der Waals surface area contributed by atoms with Crippen LogP contribution in [0.4, 0.5) is 65.9 Å². The number of ketones is 2. The maximum Gasteiger partial charge on any atom is 0.573 e. The van der Waals surface area contributed by atoms with E-state index in [1.54, 1.807) is 0 Å². The number of fused-ring (bicyclic) bond motifs is 2. The summed E-state index contributed by atoms with van der Waals surface area (Å²) in [6, 6.07) is 5.87. The van der Waals surface area contributed by atoms with Gasteiger partial charge in [-0.1, -0.05) is 24.3 Å². The number of ether oxygens (including phenoxy) is 5. The number of rotatable bonds is 15. The Morgan fingerprint density at radius 2 is 0.931 bits per heavy atom. The van der Waals surface area contributed by atoms with Crippen molar-refractivity contribution < 1.29 is 109 Å². The highest BCUT2D eigenvalue weighted by Crippen LogP contribution is 2.37. The molecule has 0 aliphatic carbocycles. The van der Waals surface area contributed by atoms with Gasteiger partial charge in [0.1, 0.15) is 6.61 Å². The summed E-state index contributed by atoms with van der Waals surface area (Å²) in [6.45, 7) is -2.79. The average Bonchev–Trinajstić information content (AvgIpc) is 3.64. The van der Waals surface area contributed by atoms with Crippen LogP contribution in [0.5, 0.6) is 11.5 Å². The number of aliphatic hydroxyl groups excluding tert-OH is 1. The van der Waals surface area contributed by atoms with Crippen molar-refractivity contribution in [3.8, 4) is 11.5 Å². The second-order valence-corrected chi connectivity index (χ2v) is 11.1. The number of nitrogens with zero attached hydrogens (tertiary/aromatic N) is 2. The predicted octanol–water partition coefficient (Wildman–Crippen LogP) is 7.70. The van der Waals surface area contributed by atoms with Crippen LogP contribution in [0.1, 0.15) is 20.7 Å². The normalized spacial score (nSPS) is 12.7. The minimum absolute atomic E-state index is 0.0561. The molecule has 0 saturated carbocycles. The van der Waals surface area contributed by atoms with Gasteiger partial charge in [-0.15, -0.1) is 26.3 Å². The van der Waals surface area contributed by atoms with Crippen LogP contribution in [0, 0.1) is 0 Å². The van der Waals surface area contributed by atoms with Crippen LogP contribution in [0.25, 0.3) is 21.8 Å². The Bertz CT molecular complexity index is 2040. The molecule has 0 aliphatic rings. The first-order valence-corrected chi connectivity index (χ1v) is 15.6. The lowest BCUT2D eigenvalue weighted by Crippen LogP contribution is -2.26. The molecule has 0 unspecified atom stereocenters. The van der Waals surface area contributed by atoms with E-state index < -0.39 is 109 Å². The van der Waals surface area contributed by atoms with Gasteiger partial charge in [0, 0.05) is 36.3 Å². The highest BCUT2D eigenvalue weighted by molar-refractivity contribution is 6.12. The number of hydrogen-bond acceptors (Lipinski definition) is 9. The number of alkyl halides is 15. The van der Waals surface area contributed by atoms with Crippen molar-refractivity contribution in [2.24, 2.45) is 0 Å². The second kappa shape index (κ2) is 18.6. The molecule has 0 amide bonds. The van der Waals surface area contributed by atoms with Crippen LogP contribution < -0.4 is 9.47 Å². The fourth-order valence-electron chi connectivity index (χ4n) is 4.96. The van der Waals surface area contributed by atoms with Gasteiger partial charge in [0.15, 0.2) is 11.5 Å². The van der Waals surface area contributed by atoms with E-state index in [-0.39, 0.29) is 37.3 Å². The fraction of sp³-hybridized carbons (Fsp3) is 0.406. The van der Waals surface area contributed by atoms with E-state index in [0.29, 0.717) is 6.20 Å². The Kier molecular flexibility index (Phi) is 15.1. The minimum Gasteiger partial charge on any atom is -0.457 e. The molecule has 11 nitrogen and oxygen atoms in total. The number of carbonyl (C=O) groups excluding carboxylic acids is 3. The average molecular weight is 867 g/mol. The van der Waals surface area contributed by atoms with Gasteiger partial charge < -0.3 is 37.9 Å². The first kappa shape index (κ1) is 47.1. The lowest BCUT2D eigenvalue weighted by molar-refractivity contribution is -0.275. The van der Waals surface area contributed by atoms with E-state index in [4.69, 9.17) is 14.6 Å². The van der Waals surface area contributed by atoms with Gasteiger partial charge in [0.2, 0.25) is 0 Å². The van der Waals surface area contributed by atoms with Gasteiger partial charge in [-0.25, -0.2) is 4.79 Å². The van der Waals surface area contributed by atoms with Gasteiger partial charge in [-0.2, -0.15) is 39.5 Å². The third kappa shape index (κ3) is 13.2. The van der Waals surface area contributed by atoms with Crippen molar-refractivity contribution in [1.29, 1.82) is 0 Å². The van der Waals surface area contributed by atoms with Crippen molar-refractivity contribution in [1.82, 2.24) is 9.13 Å². The highest BCUT2D eigenvalue weighted by Gasteiger charge is 2.43. The molecule has 322 valence electrons. The van der Waals surface area contributed by atoms with Crippen LogP contribution >= 0.6 is 0 Å². The number of carbonyl (C=O) groups is 3. The minimum atomic E-state index is -5.31. The maximum absolute atomic E-state index is 12.9. The maximum atomic E-state index is 12.9. The zero-order chi connectivity index (χ0) is 43.9. The van der Waals surface area contributed by atoms with Crippen molar-refractivity contribution in [2.75, 3.05) is 39.6 Å². The standard InChI is InChI=1S/C17H12F9NO5.C15H13F6NO4/c18-15(19,20)13(28)10-8-27(4-5-30-6-7-31-14(29)16(21,22)23)12-9(10)2-1-3-11(12)32-17(24,25)26;16-14(17,18)13(24)10-8-22(4-6-25-7-5-23)12-9(10)2-1-3-11(12)26-15(19,20)21/h1-3,8H,4-7H2;1-3,8,23H,4-7H2. The summed E-state index contributed by atoms with van der Waals surface area (Å²) in [5.41, 5.74) is -2.52. The SMILES string of the molecule is O=C(OCCOCCn1cc(C(=O)C(F)(F)F)c2cccc(OC(F)(F)F)c21)C(F)(F)F.O=C(c1cn(CCOCCO)c2c(OC(F)(F)F)cccc12)C(F)(F)F. The summed E-state index contributed by atoms with van der Waals surface area (Å²) in [6.07, 6.45) is -24.5. The van der Waals surface area contributed by atoms with E-state index in [9.17, 15) is 80.2 Å². The number of para-hydroxylation sites is 2. The zero-order valence-electron chi connectivity index (χ0n) is 28.6. The highest BCUT2D eigenvalue weighted by atomic mass is 19.4. The molecule has 2 aromatic heterocycles. The predicted molar refractivity (Wildman–Crippen MR) is 164 cm³/mol. The van der Waals surface area contributed by atoms with E-state index in [0.717, 1.165) is 51.7 Å². The van der Waals surface area contributed by atoms with Crippen molar-refractivity contribution in [3.63, 3.8) is 0 Å². The van der Waals surface area contributed by atoms with E-state index in [2.05, 4.69) is 14.2 Å². The summed E-state index contributed by atoms with van der Waals surface area (Å²) < 4.78 is 212. The molecule has 4 rings (SSSR count). The van der Waals surface area contributed by atoms with Gasteiger partial charge in [-0.05, 0) is 12.1 Å². The van der Waals surface area contributed by atoms with Crippen LogP contribution in [0.15, 0.2) is 48.8 Å². The Hall–Kier alpha value is -5.24. The summed E-state index contributed by atoms with van der Waals surface area (Å²) in [5, 5.41) is 7.84. The van der Waals surface area contributed by atoms with Crippen molar-refractivity contribution in [3.05, 3.63) is 59.9 Å². The number of aliphatic hydroxyl groups is 1. The molecule has 0 bridgehead atoms. The zero-order valence-corrected chi connectivity index (χ0v) is 28.6. The molecule has 0 fully saturated rings. The quantitative estimate of drug-likeness (QED) is 0.0554. The van der Waals surface area contributed by atoms with E-state index >= 15 is 0 Å². The molecule has 0 aliphatic heterocycles. The number of aromatic nitrogens is 2. The van der Waals surface area contributed by atoms with E-state index in [1.807, 2.05) is 0 Å². The topological polar surface area (TPSA) is 127 Å². The Balaban J connectivity index is 0.000000317. The molecule has 2 heterocycles. The smallest absolute Gasteiger partial charge is 0.457 e. The number of hydrogen-bond donors (Lipinski definition) is 1. The van der Waals surface area contributed by atoms with E-state index in [1.165, 1.54) is 0 Å². The first-order valence-electron chi connectivity index (χ1n) is 15.6. The summed E-state index contributed by atoms with van der Waals surface area (Å²) in [4.78, 5) is 33.8. The first-order chi connectivity index (χ1) is 26.7. The number of esters is 1. The van der Waals surface area contributed by atoms with Crippen LogP contribution in [0.2, 0.25) is 0 Å². The molecule has 26 heteroatoms. The van der Waals surface area contributed by atoms with Crippen molar-refractivity contribution in [2.45, 2.75) is 44.3 Å². The molecule has 2 aromatic carbocycles. The molecule has 0 spiro atoms. The molecular formula is C32H25F15N2O9. The number of halogens is 15. The summed E-state index contributed by atoms with van der Waals surface area (Å²) >= 11 is 0. The van der Waals surface area contributed by atoms with Gasteiger partial charge in [-0.3, -0.25) is 9.59 Å². The Morgan fingerprint density at radius 1 is 0.534 bits per heavy atom. The lowest BCUT2D eigenvalue weighted by atomic mass is 10.1. The Labute approximate surface area is 313 Å². The van der Waals surface area contributed by atoms with Gasteiger partial charge in [0.05, 0.1) is 55.2 Å². The van der Waals surface area contributed by atoms with Crippen LogP contribution in [0.3, 0.4) is 0 Å². The van der Waals surface area contributed by atoms with Crippen molar-refractivity contribution >= 4 is 39.3 Å². The number of benzene rings is 2. The monoisotopic (exact) mass is 866 g/mol. The molecule has 1 N–H and O–H groups in total. The van der Waals surface area contributed by atoms with Gasteiger partial charge in [0.25, 0.3) is 11.6 Å².